The van der Waals surface area contributed by atoms with Crippen LogP contribution in [-0.2, 0) is 9.53 Å². The molecular weight excluding hydrogens is 232 g/mol. The Bertz CT molecular complexity index is 164. The molecule has 0 aromatic heterocycles. The Morgan fingerprint density at radius 3 is 2.62 bits per heavy atom. The third-order valence-corrected chi connectivity index (χ3v) is 3.47. The largest absolute Gasteiger partial charge is 0.462 e. The summed E-state index contributed by atoms with van der Waals surface area (Å²) in [5.41, 5.74) is 0. The molecule has 3 heteroatoms. The van der Waals surface area contributed by atoms with E-state index in [0.717, 1.165) is 19.3 Å². The molecule has 1 saturated carbocycles. The normalized spacial score (nSPS) is 21.1. The van der Waals surface area contributed by atoms with E-state index in [1.54, 1.807) is 0 Å². The van der Waals surface area contributed by atoms with Crippen LogP contribution in [0.5, 0.6) is 0 Å². The Kier molecular flexibility index (Phi) is 4.78. The number of esters is 1. The van der Waals surface area contributed by atoms with E-state index in [4.69, 9.17) is 4.74 Å². The standard InChI is InChI=1S/C10H17BrO2/c1-2-9(11)10(12)13-8-6-4-3-5-7-8/h8-9H,2-7H2,1H3. The number of halogens is 1. The zero-order valence-corrected chi connectivity index (χ0v) is 9.68. The van der Waals surface area contributed by atoms with Crippen LogP contribution in [-0.4, -0.2) is 16.9 Å². The summed E-state index contributed by atoms with van der Waals surface area (Å²) in [7, 11) is 0. The third-order valence-electron chi connectivity index (χ3n) is 2.45. The van der Waals surface area contributed by atoms with E-state index in [2.05, 4.69) is 15.9 Å². The second-order valence-electron chi connectivity index (χ2n) is 3.57. The summed E-state index contributed by atoms with van der Waals surface area (Å²) in [6.45, 7) is 1.97. The quantitative estimate of drug-likeness (QED) is 0.567. The van der Waals surface area contributed by atoms with Gasteiger partial charge in [-0.25, -0.2) is 0 Å². The van der Waals surface area contributed by atoms with Crippen molar-refractivity contribution in [3.63, 3.8) is 0 Å². The minimum atomic E-state index is -0.116. The molecule has 1 aliphatic rings. The second kappa shape index (κ2) is 5.63. The van der Waals surface area contributed by atoms with E-state index in [-0.39, 0.29) is 16.9 Å². The summed E-state index contributed by atoms with van der Waals surface area (Å²) in [6, 6.07) is 0. The maximum absolute atomic E-state index is 11.4. The van der Waals surface area contributed by atoms with Gasteiger partial charge in [-0.1, -0.05) is 29.3 Å². The fraction of sp³-hybridized carbons (Fsp3) is 0.900. The van der Waals surface area contributed by atoms with Gasteiger partial charge < -0.3 is 4.74 Å². The molecular formula is C10H17BrO2. The summed E-state index contributed by atoms with van der Waals surface area (Å²) in [4.78, 5) is 11.3. The number of alkyl halides is 1. The molecule has 0 radical (unpaired) electrons. The molecule has 0 saturated heterocycles. The number of carbonyl (C=O) groups excluding carboxylic acids is 1. The molecule has 0 aromatic rings. The first kappa shape index (κ1) is 11.0. The summed E-state index contributed by atoms with van der Waals surface area (Å²) < 4.78 is 5.36. The van der Waals surface area contributed by atoms with Crippen LogP contribution in [0.4, 0.5) is 0 Å². The van der Waals surface area contributed by atoms with E-state index in [1.807, 2.05) is 6.92 Å². The fourth-order valence-corrected chi connectivity index (χ4v) is 1.70. The van der Waals surface area contributed by atoms with Crippen molar-refractivity contribution in [3.05, 3.63) is 0 Å². The molecule has 0 heterocycles. The van der Waals surface area contributed by atoms with Crippen LogP contribution < -0.4 is 0 Å². The van der Waals surface area contributed by atoms with Crippen molar-refractivity contribution >= 4 is 21.9 Å². The van der Waals surface area contributed by atoms with Crippen molar-refractivity contribution in [2.24, 2.45) is 0 Å². The molecule has 13 heavy (non-hydrogen) atoms. The van der Waals surface area contributed by atoms with Crippen molar-refractivity contribution < 1.29 is 9.53 Å². The van der Waals surface area contributed by atoms with E-state index in [1.165, 1.54) is 19.3 Å². The Labute approximate surface area is 88.2 Å². The van der Waals surface area contributed by atoms with Gasteiger partial charge in [0.2, 0.25) is 0 Å². The number of rotatable bonds is 3. The van der Waals surface area contributed by atoms with Crippen LogP contribution in [0.1, 0.15) is 45.4 Å². The molecule has 1 rings (SSSR count). The van der Waals surface area contributed by atoms with Gasteiger partial charge in [-0.3, -0.25) is 4.79 Å². The Morgan fingerprint density at radius 2 is 2.08 bits per heavy atom. The fourth-order valence-electron chi connectivity index (χ4n) is 1.59. The van der Waals surface area contributed by atoms with Crippen LogP contribution in [0.2, 0.25) is 0 Å². The van der Waals surface area contributed by atoms with Gasteiger partial charge in [-0.15, -0.1) is 0 Å². The van der Waals surface area contributed by atoms with Crippen LogP contribution >= 0.6 is 15.9 Å². The minimum absolute atomic E-state index is 0.0885. The first-order chi connectivity index (χ1) is 6.24. The predicted octanol–water partition coefficient (Wildman–Crippen LogP) is 3.04. The van der Waals surface area contributed by atoms with Crippen LogP contribution in [0.15, 0.2) is 0 Å². The van der Waals surface area contributed by atoms with Crippen LogP contribution in [0.25, 0.3) is 0 Å². The Balaban J connectivity index is 2.26. The number of hydrogen-bond donors (Lipinski definition) is 0. The molecule has 1 fully saturated rings. The van der Waals surface area contributed by atoms with Crippen molar-refractivity contribution in [3.8, 4) is 0 Å². The van der Waals surface area contributed by atoms with Crippen molar-refractivity contribution in [1.29, 1.82) is 0 Å². The lowest BCUT2D eigenvalue weighted by molar-refractivity contribution is -0.149. The SMILES string of the molecule is CCC(Br)C(=O)OC1CCCCC1. The molecule has 1 aliphatic carbocycles. The number of ether oxygens (including phenoxy) is 1. The van der Waals surface area contributed by atoms with E-state index >= 15 is 0 Å². The molecule has 0 aliphatic heterocycles. The molecule has 0 N–H and O–H groups in total. The zero-order chi connectivity index (χ0) is 9.68. The lowest BCUT2D eigenvalue weighted by atomic mass is 9.98. The highest BCUT2D eigenvalue weighted by molar-refractivity contribution is 9.10. The van der Waals surface area contributed by atoms with E-state index in [0.29, 0.717) is 0 Å². The Hall–Kier alpha value is -0.0500. The molecule has 2 nitrogen and oxygen atoms in total. The second-order valence-corrected chi connectivity index (χ2v) is 4.68. The van der Waals surface area contributed by atoms with Crippen molar-refractivity contribution in [1.82, 2.24) is 0 Å². The molecule has 0 aromatic carbocycles. The molecule has 76 valence electrons. The average Bonchev–Trinajstić information content (AvgIpc) is 2.18. The first-order valence-corrected chi connectivity index (χ1v) is 6.00. The van der Waals surface area contributed by atoms with Crippen LogP contribution in [0, 0.1) is 0 Å². The monoisotopic (exact) mass is 248 g/mol. The van der Waals surface area contributed by atoms with Gasteiger partial charge in [0.05, 0.1) is 0 Å². The predicted molar refractivity (Wildman–Crippen MR) is 56.0 cm³/mol. The van der Waals surface area contributed by atoms with E-state index < -0.39 is 0 Å². The lowest BCUT2D eigenvalue weighted by Gasteiger charge is -2.22. The van der Waals surface area contributed by atoms with Gasteiger partial charge in [-0.05, 0) is 32.1 Å². The van der Waals surface area contributed by atoms with Gasteiger partial charge in [-0.2, -0.15) is 0 Å². The number of carbonyl (C=O) groups is 1. The lowest BCUT2D eigenvalue weighted by Crippen LogP contribution is -2.25. The third kappa shape index (κ3) is 3.67. The van der Waals surface area contributed by atoms with Gasteiger partial charge in [0.15, 0.2) is 0 Å². The first-order valence-electron chi connectivity index (χ1n) is 5.08. The average molecular weight is 249 g/mol. The molecule has 0 amide bonds. The smallest absolute Gasteiger partial charge is 0.319 e. The highest BCUT2D eigenvalue weighted by Gasteiger charge is 2.21. The molecule has 0 bridgehead atoms. The molecule has 1 atom stereocenters. The van der Waals surface area contributed by atoms with Gasteiger partial charge >= 0.3 is 5.97 Å². The highest BCUT2D eigenvalue weighted by Crippen LogP contribution is 2.21. The zero-order valence-electron chi connectivity index (χ0n) is 8.09. The van der Waals surface area contributed by atoms with E-state index in [9.17, 15) is 4.79 Å². The summed E-state index contributed by atoms with van der Waals surface area (Å²) in [6.07, 6.45) is 6.79. The topological polar surface area (TPSA) is 26.3 Å². The number of hydrogen-bond acceptors (Lipinski definition) is 2. The highest BCUT2D eigenvalue weighted by atomic mass is 79.9. The van der Waals surface area contributed by atoms with Gasteiger partial charge in [0, 0.05) is 0 Å². The molecule has 0 spiro atoms. The summed E-state index contributed by atoms with van der Waals surface area (Å²) >= 11 is 3.29. The Morgan fingerprint density at radius 1 is 1.46 bits per heavy atom. The maximum atomic E-state index is 11.4. The summed E-state index contributed by atoms with van der Waals surface area (Å²) in [5, 5.41) is 0. The maximum Gasteiger partial charge on any atom is 0.319 e. The summed E-state index contributed by atoms with van der Waals surface area (Å²) in [5.74, 6) is -0.0885. The van der Waals surface area contributed by atoms with Crippen molar-refractivity contribution in [2.45, 2.75) is 56.4 Å². The van der Waals surface area contributed by atoms with Crippen molar-refractivity contribution in [2.75, 3.05) is 0 Å². The molecule has 1 unspecified atom stereocenters. The van der Waals surface area contributed by atoms with Gasteiger partial charge in [0.25, 0.3) is 0 Å². The minimum Gasteiger partial charge on any atom is -0.462 e. The van der Waals surface area contributed by atoms with Gasteiger partial charge in [0.1, 0.15) is 10.9 Å². The van der Waals surface area contributed by atoms with Crippen LogP contribution in [0.3, 0.4) is 0 Å².